The van der Waals surface area contributed by atoms with Gasteiger partial charge in [0.2, 0.25) is 0 Å². The lowest BCUT2D eigenvalue weighted by Crippen LogP contribution is -2.31. The summed E-state index contributed by atoms with van der Waals surface area (Å²) in [5.74, 6) is -0.162. The lowest BCUT2D eigenvalue weighted by molar-refractivity contribution is 0.0687. The molecule has 0 aliphatic carbocycles. The molecule has 0 spiro atoms. The third kappa shape index (κ3) is 1.83. The summed E-state index contributed by atoms with van der Waals surface area (Å²) in [6.45, 7) is 2.06. The average Bonchev–Trinajstić information content (AvgIpc) is 2.06. The number of alkyl halides is 1. The highest BCUT2D eigenvalue weighted by atomic mass is 35.5. The van der Waals surface area contributed by atoms with Gasteiger partial charge in [-0.05, 0) is 13.3 Å². The summed E-state index contributed by atoms with van der Waals surface area (Å²) >= 11 is 5.43. The normalized spacial score (nSPS) is 27.9. The molecule has 6 heteroatoms. The van der Waals surface area contributed by atoms with Gasteiger partial charge in [0, 0.05) is 0 Å². The maximum absolute atomic E-state index is 11.7. The van der Waals surface area contributed by atoms with Crippen molar-refractivity contribution >= 4 is 19.2 Å². The van der Waals surface area contributed by atoms with Crippen LogP contribution in [0.1, 0.15) is 13.3 Å². The van der Waals surface area contributed by atoms with E-state index in [9.17, 15) is 9.67 Å². The average molecular weight is 215 g/mol. The van der Waals surface area contributed by atoms with Crippen LogP contribution in [0.2, 0.25) is 0 Å². The van der Waals surface area contributed by atoms with E-state index >= 15 is 0 Å². The monoisotopic (exact) mass is 214 g/mol. The summed E-state index contributed by atoms with van der Waals surface area (Å²) in [6, 6.07) is 0. The number of aliphatic hydroxyl groups is 1. The summed E-state index contributed by atoms with van der Waals surface area (Å²) < 4.78 is 21.5. The Morgan fingerprint density at radius 3 is 2.50 bits per heavy atom. The van der Waals surface area contributed by atoms with Gasteiger partial charge >= 0.3 is 7.60 Å². The molecule has 0 bridgehead atoms. The maximum atomic E-state index is 11.7. The number of hydrogen-bond donors (Lipinski definition) is 1. The van der Waals surface area contributed by atoms with Crippen molar-refractivity contribution < 1.29 is 18.7 Å². The summed E-state index contributed by atoms with van der Waals surface area (Å²) in [5, 5.41) is 7.99. The van der Waals surface area contributed by atoms with Crippen LogP contribution >= 0.6 is 19.2 Å². The van der Waals surface area contributed by atoms with Crippen LogP contribution in [0.15, 0.2) is 0 Å². The molecule has 1 atom stereocenters. The van der Waals surface area contributed by atoms with Gasteiger partial charge in [0.1, 0.15) is 0 Å². The van der Waals surface area contributed by atoms with Gasteiger partial charge in [-0.25, -0.2) is 0 Å². The van der Waals surface area contributed by atoms with Crippen molar-refractivity contribution in [2.75, 3.05) is 19.1 Å². The zero-order chi connectivity index (χ0) is 9.24. The number of rotatable bonds is 2. The molecule has 4 nitrogen and oxygen atoms in total. The summed E-state index contributed by atoms with van der Waals surface area (Å²) in [5.41, 5.74) is 0. The molecule has 1 aliphatic rings. The summed E-state index contributed by atoms with van der Waals surface area (Å²) in [4.78, 5) is 0. The highest BCUT2D eigenvalue weighted by Crippen LogP contribution is 2.60. The van der Waals surface area contributed by atoms with Crippen LogP contribution in [0, 0.1) is 0 Å². The first-order valence-corrected chi connectivity index (χ1v) is 5.77. The lowest BCUT2D eigenvalue weighted by atomic mass is 10.5. The van der Waals surface area contributed by atoms with Crippen LogP contribution in [0.25, 0.3) is 0 Å². The van der Waals surface area contributed by atoms with E-state index in [4.69, 9.17) is 20.6 Å². The van der Waals surface area contributed by atoms with Crippen molar-refractivity contribution in [1.82, 2.24) is 0 Å². The summed E-state index contributed by atoms with van der Waals surface area (Å²) in [7, 11) is -3.39. The van der Waals surface area contributed by atoms with Crippen LogP contribution in [-0.4, -0.2) is 29.5 Å². The minimum atomic E-state index is -3.39. The van der Waals surface area contributed by atoms with E-state index in [2.05, 4.69) is 0 Å². The lowest BCUT2D eigenvalue weighted by Gasteiger charge is -2.32. The van der Waals surface area contributed by atoms with Crippen LogP contribution in [0.5, 0.6) is 0 Å². The van der Waals surface area contributed by atoms with Crippen LogP contribution in [0.4, 0.5) is 0 Å². The largest absolute Gasteiger partial charge is 0.377 e. The Labute approximate surface area is 76.3 Å². The van der Waals surface area contributed by atoms with Crippen molar-refractivity contribution in [2.24, 2.45) is 0 Å². The molecule has 0 aromatic rings. The van der Waals surface area contributed by atoms with Crippen molar-refractivity contribution in [1.29, 1.82) is 0 Å². The maximum Gasteiger partial charge on any atom is 0.362 e. The highest BCUT2D eigenvalue weighted by Gasteiger charge is 2.46. The van der Waals surface area contributed by atoms with Gasteiger partial charge < -0.3 is 14.2 Å². The first kappa shape index (κ1) is 10.5. The SMILES string of the molecule is CC(O)(CCl)P1(=O)OCCCO1. The minimum absolute atomic E-state index is 0.162. The Morgan fingerprint density at radius 2 is 2.08 bits per heavy atom. The van der Waals surface area contributed by atoms with Crippen LogP contribution in [-0.2, 0) is 13.6 Å². The molecule has 72 valence electrons. The fourth-order valence-electron chi connectivity index (χ4n) is 0.817. The van der Waals surface area contributed by atoms with E-state index in [0.29, 0.717) is 19.6 Å². The molecule has 1 rings (SSSR count). The Hall–Kier alpha value is 0.400. The number of halogens is 1. The van der Waals surface area contributed by atoms with Gasteiger partial charge in [0.05, 0.1) is 19.1 Å². The fraction of sp³-hybridized carbons (Fsp3) is 1.00. The predicted octanol–water partition coefficient (Wildman–Crippen LogP) is 1.56. The first-order chi connectivity index (χ1) is 5.52. The Kier molecular flexibility index (Phi) is 3.18. The second-order valence-corrected chi connectivity index (χ2v) is 5.61. The Bertz CT molecular complexity index is 196. The van der Waals surface area contributed by atoms with Gasteiger partial charge in [-0.1, -0.05) is 0 Å². The standard InChI is InChI=1S/C6H12ClO4P/c1-6(8,5-7)12(9)10-3-2-4-11-12/h8H,2-5H2,1H3. The molecule has 1 fully saturated rings. The van der Waals surface area contributed by atoms with Gasteiger partial charge in [-0.3, -0.25) is 4.57 Å². The van der Waals surface area contributed by atoms with Gasteiger partial charge in [-0.15, -0.1) is 11.6 Å². The third-order valence-electron chi connectivity index (χ3n) is 1.65. The van der Waals surface area contributed by atoms with E-state index in [-0.39, 0.29) is 5.88 Å². The van der Waals surface area contributed by atoms with E-state index in [1.165, 1.54) is 6.92 Å². The van der Waals surface area contributed by atoms with Gasteiger partial charge in [0.15, 0.2) is 5.34 Å². The topological polar surface area (TPSA) is 55.8 Å². The molecule has 1 unspecified atom stereocenters. The van der Waals surface area contributed by atoms with E-state index in [1.807, 2.05) is 0 Å². The zero-order valence-electron chi connectivity index (χ0n) is 6.83. The molecule has 0 radical (unpaired) electrons. The molecule has 0 saturated carbocycles. The molecule has 0 aromatic carbocycles. The van der Waals surface area contributed by atoms with Crippen molar-refractivity contribution in [3.05, 3.63) is 0 Å². The summed E-state index contributed by atoms with van der Waals surface area (Å²) in [6.07, 6.45) is 0.697. The van der Waals surface area contributed by atoms with Gasteiger partial charge in [0.25, 0.3) is 0 Å². The Balaban J connectivity index is 2.75. The van der Waals surface area contributed by atoms with Crippen LogP contribution < -0.4 is 0 Å². The second kappa shape index (κ2) is 3.64. The van der Waals surface area contributed by atoms with Gasteiger partial charge in [-0.2, -0.15) is 0 Å². The Morgan fingerprint density at radius 1 is 1.58 bits per heavy atom. The van der Waals surface area contributed by atoms with Crippen LogP contribution in [0.3, 0.4) is 0 Å². The molecule has 0 aromatic heterocycles. The zero-order valence-corrected chi connectivity index (χ0v) is 8.48. The second-order valence-electron chi connectivity index (χ2n) is 2.87. The first-order valence-electron chi connectivity index (χ1n) is 3.69. The quantitative estimate of drug-likeness (QED) is 0.560. The highest BCUT2D eigenvalue weighted by molar-refractivity contribution is 7.55. The molecule has 1 heterocycles. The van der Waals surface area contributed by atoms with E-state index in [0.717, 1.165) is 0 Å². The molecular formula is C6H12ClO4P. The smallest absolute Gasteiger partial charge is 0.362 e. The van der Waals surface area contributed by atoms with E-state index in [1.54, 1.807) is 0 Å². The van der Waals surface area contributed by atoms with E-state index < -0.39 is 12.9 Å². The van der Waals surface area contributed by atoms with Crippen molar-refractivity contribution in [3.63, 3.8) is 0 Å². The molecule has 0 amide bonds. The fourth-order valence-corrected chi connectivity index (χ4v) is 2.77. The molecule has 12 heavy (non-hydrogen) atoms. The number of hydrogen-bond acceptors (Lipinski definition) is 4. The molecule has 1 aliphatic heterocycles. The molecule has 1 N–H and O–H groups in total. The minimum Gasteiger partial charge on any atom is -0.377 e. The molecule has 1 saturated heterocycles. The third-order valence-corrected chi connectivity index (χ3v) is 4.74. The van der Waals surface area contributed by atoms with Crippen molar-refractivity contribution in [2.45, 2.75) is 18.7 Å². The molecular weight excluding hydrogens is 202 g/mol. The predicted molar refractivity (Wildman–Crippen MR) is 45.5 cm³/mol. The van der Waals surface area contributed by atoms with Crippen molar-refractivity contribution in [3.8, 4) is 0 Å².